The third-order valence-corrected chi connectivity index (χ3v) is 7.26. The second-order valence-corrected chi connectivity index (χ2v) is 9.78. The zero-order valence-electron chi connectivity index (χ0n) is 16.2. The molecule has 0 radical (unpaired) electrons. The van der Waals surface area contributed by atoms with E-state index >= 15 is 0 Å². The Morgan fingerprint density at radius 2 is 1.70 bits per heavy atom. The summed E-state index contributed by atoms with van der Waals surface area (Å²) in [4.78, 5) is 12.4. The first-order chi connectivity index (χ1) is 12.8. The second kappa shape index (κ2) is 8.71. The van der Waals surface area contributed by atoms with Crippen molar-refractivity contribution in [3.63, 3.8) is 0 Å². The number of carbonyl (C=O) groups excluding carboxylic acids is 1. The maximum Gasteiger partial charge on any atom is 0.243 e. The lowest BCUT2D eigenvalue weighted by molar-refractivity contribution is -0.116. The first-order valence-corrected chi connectivity index (χ1v) is 11.3. The zero-order valence-corrected chi connectivity index (χ0v) is 17.0. The summed E-state index contributed by atoms with van der Waals surface area (Å²) in [5, 5.41) is 2.87. The molecule has 1 aromatic rings. The van der Waals surface area contributed by atoms with Gasteiger partial charge in [0.2, 0.25) is 15.9 Å². The number of ether oxygens (including phenoxy) is 1. The number of nitrogens with one attached hydrogen (secondary N) is 1. The SMILES string of the molecule is CC1CN(S(=O)(=O)c2ccc(NC(=O)CCC3CCCC3)cc2)CC(C)O1. The van der Waals surface area contributed by atoms with Crippen molar-refractivity contribution in [1.29, 1.82) is 0 Å². The van der Waals surface area contributed by atoms with E-state index in [2.05, 4.69) is 5.32 Å². The number of hydrogen-bond donors (Lipinski definition) is 1. The van der Waals surface area contributed by atoms with Crippen molar-refractivity contribution in [2.75, 3.05) is 18.4 Å². The van der Waals surface area contributed by atoms with E-state index in [1.165, 1.54) is 30.0 Å². The van der Waals surface area contributed by atoms with Crippen LogP contribution < -0.4 is 5.32 Å². The van der Waals surface area contributed by atoms with Gasteiger partial charge in [-0.05, 0) is 50.5 Å². The van der Waals surface area contributed by atoms with Crippen LogP contribution in [0.5, 0.6) is 0 Å². The van der Waals surface area contributed by atoms with Gasteiger partial charge in [0, 0.05) is 25.2 Å². The number of rotatable bonds is 6. The third kappa shape index (κ3) is 5.30. The molecule has 1 aromatic carbocycles. The fourth-order valence-corrected chi connectivity index (χ4v) is 5.63. The Hall–Kier alpha value is -1.44. The summed E-state index contributed by atoms with van der Waals surface area (Å²) in [5.41, 5.74) is 0.633. The molecule has 3 rings (SSSR count). The van der Waals surface area contributed by atoms with Crippen LogP contribution in [0, 0.1) is 5.92 Å². The summed E-state index contributed by atoms with van der Waals surface area (Å²) in [6, 6.07) is 6.45. The summed E-state index contributed by atoms with van der Waals surface area (Å²) in [7, 11) is -3.55. The molecule has 2 atom stereocenters. The quantitative estimate of drug-likeness (QED) is 0.802. The van der Waals surface area contributed by atoms with Crippen molar-refractivity contribution in [3.05, 3.63) is 24.3 Å². The Balaban J connectivity index is 1.58. The number of anilines is 1. The number of morpholine rings is 1. The molecule has 1 aliphatic carbocycles. The second-order valence-electron chi connectivity index (χ2n) is 7.84. The molecule has 2 aliphatic rings. The third-order valence-electron chi connectivity index (χ3n) is 5.42. The highest BCUT2D eigenvalue weighted by atomic mass is 32.2. The van der Waals surface area contributed by atoms with E-state index in [0.29, 0.717) is 31.1 Å². The van der Waals surface area contributed by atoms with Crippen LogP contribution in [0.4, 0.5) is 5.69 Å². The average Bonchev–Trinajstić information content (AvgIpc) is 3.13. The molecule has 2 fully saturated rings. The minimum Gasteiger partial charge on any atom is -0.373 e. The molecule has 1 N–H and O–H groups in total. The highest BCUT2D eigenvalue weighted by molar-refractivity contribution is 7.89. The molecule has 1 saturated heterocycles. The van der Waals surface area contributed by atoms with E-state index in [1.807, 2.05) is 13.8 Å². The van der Waals surface area contributed by atoms with E-state index in [1.54, 1.807) is 24.3 Å². The van der Waals surface area contributed by atoms with E-state index in [-0.39, 0.29) is 23.0 Å². The lowest BCUT2D eigenvalue weighted by Gasteiger charge is -2.34. The molecule has 1 saturated carbocycles. The first kappa shape index (κ1) is 20.3. The number of benzene rings is 1. The first-order valence-electron chi connectivity index (χ1n) is 9.90. The molecule has 150 valence electrons. The minimum absolute atomic E-state index is 0.00617. The molecule has 2 unspecified atom stereocenters. The Labute approximate surface area is 162 Å². The Morgan fingerprint density at radius 3 is 2.30 bits per heavy atom. The van der Waals surface area contributed by atoms with Gasteiger partial charge in [-0.25, -0.2) is 8.42 Å². The van der Waals surface area contributed by atoms with Gasteiger partial charge in [0.25, 0.3) is 0 Å². The van der Waals surface area contributed by atoms with Gasteiger partial charge in [0.05, 0.1) is 17.1 Å². The Morgan fingerprint density at radius 1 is 1.11 bits per heavy atom. The number of sulfonamides is 1. The summed E-state index contributed by atoms with van der Waals surface area (Å²) >= 11 is 0. The maximum absolute atomic E-state index is 12.8. The summed E-state index contributed by atoms with van der Waals surface area (Å²) < 4.78 is 32.8. The van der Waals surface area contributed by atoms with Crippen molar-refractivity contribution < 1.29 is 17.9 Å². The highest BCUT2D eigenvalue weighted by Gasteiger charge is 2.32. The van der Waals surface area contributed by atoms with Crippen LogP contribution >= 0.6 is 0 Å². The number of amides is 1. The van der Waals surface area contributed by atoms with Gasteiger partial charge < -0.3 is 10.1 Å². The standard InChI is InChI=1S/C20H30N2O4S/c1-15-13-22(14-16(2)26-15)27(24,25)19-10-8-18(9-11-19)21-20(23)12-7-17-5-3-4-6-17/h8-11,15-17H,3-7,12-14H2,1-2H3,(H,21,23). The van der Waals surface area contributed by atoms with Gasteiger partial charge in [-0.15, -0.1) is 0 Å². The topological polar surface area (TPSA) is 75.7 Å². The molecule has 1 amide bonds. The predicted octanol–water partition coefficient (Wildman–Crippen LogP) is 3.39. The largest absolute Gasteiger partial charge is 0.373 e. The molecule has 0 bridgehead atoms. The lowest BCUT2D eigenvalue weighted by atomic mass is 10.0. The van der Waals surface area contributed by atoms with Gasteiger partial charge in [0.1, 0.15) is 0 Å². The van der Waals surface area contributed by atoms with Gasteiger partial charge in [-0.3, -0.25) is 4.79 Å². The Bertz CT molecular complexity index is 732. The van der Waals surface area contributed by atoms with Crippen LogP contribution in [0.2, 0.25) is 0 Å². The fourth-order valence-electron chi connectivity index (χ4n) is 4.04. The van der Waals surface area contributed by atoms with Crippen LogP contribution in [0.25, 0.3) is 0 Å². The summed E-state index contributed by atoms with van der Waals surface area (Å²) in [6.45, 7) is 4.46. The van der Waals surface area contributed by atoms with Crippen LogP contribution in [0.1, 0.15) is 52.4 Å². The molecule has 27 heavy (non-hydrogen) atoms. The zero-order chi connectivity index (χ0) is 19.4. The number of nitrogens with zero attached hydrogens (tertiary/aromatic N) is 1. The average molecular weight is 395 g/mol. The van der Waals surface area contributed by atoms with Crippen molar-refractivity contribution in [3.8, 4) is 0 Å². The number of hydrogen-bond acceptors (Lipinski definition) is 4. The maximum atomic E-state index is 12.8. The molecule has 0 aromatic heterocycles. The van der Waals surface area contributed by atoms with Gasteiger partial charge >= 0.3 is 0 Å². The van der Waals surface area contributed by atoms with Crippen LogP contribution in [-0.4, -0.2) is 43.9 Å². The van der Waals surface area contributed by atoms with E-state index in [0.717, 1.165) is 6.42 Å². The molecular formula is C20H30N2O4S. The smallest absolute Gasteiger partial charge is 0.243 e. The normalized spacial score (nSPS) is 24.8. The highest BCUT2D eigenvalue weighted by Crippen LogP contribution is 2.28. The van der Waals surface area contributed by atoms with Crippen molar-refractivity contribution in [2.45, 2.75) is 69.5 Å². The van der Waals surface area contributed by atoms with Gasteiger partial charge in [-0.1, -0.05) is 25.7 Å². The summed E-state index contributed by atoms with van der Waals surface area (Å²) in [5.74, 6) is 0.676. The predicted molar refractivity (Wildman–Crippen MR) is 105 cm³/mol. The summed E-state index contributed by atoms with van der Waals surface area (Å²) in [6.07, 6.45) is 6.24. The molecule has 1 aliphatic heterocycles. The lowest BCUT2D eigenvalue weighted by Crippen LogP contribution is -2.48. The minimum atomic E-state index is -3.55. The molecule has 6 nitrogen and oxygen atoms in total. The van der Waals surface area contributed by atoms with Crippen molar-refractivity contribution in [2.24, 2.45) is 5.92 Å². The number of carbonyl (C=O) groups is 1. The van der Waals surface area contributed by atoms with Crippen LogP contribution in [0.3, 0.4) is 0 Å². The van der Waals surface area contributed by atoms with Crippen molar-refractivity contribution >= 4 is 21.6 Å². The van der Waals surface area contributed by atoms with E-state index in [9.17, 15) is 13.2 Å². The van der Waals surface area contributed by atoms with Crippen molar-refractivity contribution in [1.82, 2.24) is 4.31 Å². The van der Waals surface area contributed by atoms with Crippen LogP contribution in [0.15, 0.2) is 29.2 Å². The molecule has 0 spiro atoms. The molecule has 7 heteroatoms. The Kier molecular flexibility index (Phi) is 6.55. The van der Waals surface area contributed by atoms with E-state index in [4.69, 9.17) is 4.74 Å². The monoisotopic (exact) mass is 394 g/mol. The van der Waals surface area contributed by atoms with Crippen LogP contribution in [-0.2, 0) is 19.6 Å². The molecular weight excluding hydrogens is 364 g/mol. The van der Waals surface area contributed by atoms with Gasteiger partial charge in [-0.2, -0.15) is 4.31 Å². The van der Waals surface area contributed by atoms with E-state index < -0.39 is 10.0 Å². The fraction of sp³-hybridized carbons (Fsp3) is 0.650. The molecule has 1 heterocycles. The van der Waals surface area contributed by atoms with Gasteiger partial charge in [0.15, 0.2) is 0 Å².